The van der Waals surface area contributed by atoms with Gasteiger partial charge in [-0.25, -0.2) is 9.78 Å². The summed E-state index contributed by atoms with van der Waals surface area (Å²) >= 11 is 0. The fourth-order valence-electron chi connectivity index (χ4n) is 4.11. The average molecular weight is 348 g/mol. The minimum atomic E-state index is -1.10. The second-order valence-corrected chi connectivity index (χ2v) is 7.01. The summed E-state index contributed by atoms with van der Waals surface area (Å²) in [6, 6.07) is 0. The fourth-order valence-corrected chi connectivity index (χ4v) is 4.11. The molecule has 8 nitrogen and oxygen atoms in total. The number of carboxylic acid groups (broad SMARTS) is 1. The van der Waals surface area contributed by atoms with Crippen molar-refractivity contribution in [3.8, 4) is 0 Å². The summed E-state index contributed by atoms with van der Waals surface area (Å²) < 4.78 is 0. The Bertz CT molecular complexity index is 658. The summed E-state index contributed by atoms with van der Waals surface area (Å²) in [5.74, 6) is -0.383. The Morgan fingerprint density at radius 1 is 1.24 bits per heavy atom. The molecule has 0 saturated carbocycles. The average Bonchev–Trinajstić information content (AvgIpc) is 2.62. The molecule has 1 aromatic heterocycles. The van der Waals surface area contributed by atoms with Crippen molar-refractivity contribution in [1.29, 1.82) is 0 Å². The van der Waals surface area contributed by atoms with Crippen molar-refractivity contribution < 1.29 is 19.8 Å². The molecule has 2 aliphatic rings. The van der Waals surface area contributed by atoms with Crippen LogP contribution in [-0.2, 0) is 4.79 Å². The second kappa shape index (κ2) is 6.95. The number of aromatic nitrogens is 2. The molecule has 2 N–H and O–H groups in total. The zero-order valence-corrected chi connectivity index (χ0v) is 14.4. The molecule has 1 spiro atoms. The predicted octanol–water partition coefficient (Wildman–Crippen LogP) is 0.622. The summed E-state index contributed by atoms with van der Waals surface area (Å²) in [7, 11) is 0. The lowest BCUT2D eigenvalue weighted by Gasteiger charge is -2.51. The lowest BCUT2D eigenvalue weighted by Crippen LogP contribution is -2.54. The quantitative estimate of drug-likeness (QED) is 0.824. The first-order valence-electron chi connectivity index (χ1n) is 8.62. The van der Waals surface area contributed by atoms with Gasteiger partial charge in [-0.3, -0.25) is 9.78 Å². The van der Waals surface area contributed by atoms with Crippen molar-refractivity contribution in [1.82, 2.24) is 14.9 Å². The van der Waals surface area contributed by atoms with Crippen LogP contribution in [0.3, 0.4) is 0 Å². The normalized spacial score (nSPS) is 22.9. The van der Waals surface area contributed by atoms with Crippen LogP contribution in [-0.4, -0.2) is 69.7 Å². The first kappa shape index (κ1) is 17.6. The van der Waals surface area contributed by atoms with Crippen LogP contribution >= 0.6 is 0 Å². The van der Waals surface area contributed by atoms with E-state index in [-0.39, 0.29) is 29.5 Å². The van der Waals surface area contributed by atoms with E-state index in [9.17, 15) is 14.7 Å². The molecule has 0 unspecified atom stereocenters. The number of nitrogens with zero attached hydrogens (tertiary/aromatic N) is 4. The van der Waals surface area contributed by atoms with Crippen molar-refractivity contribution in [3.63, 3.8) is 0 Å². The van der Waals surface area contributed by atoms with E-state index < -0.39 is 5.97 Å². The smallest absolute Gasteiger partial charge is 0.356 e. The van der Waals surface area contributed by atoms with Crippen molar-refractivity contribution in [2.45, 2.75) is 26.2 Å². The molecular weight excluding hydrogens is 324 g/mol. The Kier molecular flexibility index (Phi) is 4.89. The van der Waals surface area contributed by atoms with Crippen molar-refractivity contribution in [2.24, 2.45) is 11.3 Å². The number of rotatable bonds is 3. The molecule has 0 radical (unpaired) electrons. The summed E-state index contributed by atoms with van der Waals surface area (Å²) in [4.78, 5) is 34.6. The van der Waals surface area contributed by atoms with Crippen LogP contribution in [0.4, 0.5) is 5.82 Å². The number of aromatic carboxylic acids is 1. The molecule has 8 heteroatoms. The minimum absolute atomic E-state index is 0.0367. The van der Waals surface area contributed by atoms with E-state index in [4.69, 9.17) is 5.11 Å². The maximum atomic E-state index is 11.6. The number of anilines is 1. The maximum Gasteiger partial charge on any atom is 0.356 e. The highest BCUT2D eigenvalue weighted by atomic mass is 16.4. The predicted molar refractivity (Wildman–Crippen MR) is 90.3 cm³/mol. The largest absolute Gasteiger partial charge is 0.476 e. The van der Waals surface area contributed by atoms with E-state index in [1.54, 1.807) is 13.1 Å². The Hall–Kier alpha value is -2.22. The minimum Gasteiger partial charge on any atom is -0.476 e. The number of hydrogen-bond donors (Lipinski definition) is 2. The number of carbonyl (C=O) groups excluding carboxylic acids is 1. The first-order chi connectivity index (χ1) is 11.9. The van der Waals surface area contributed by atoms with Crippen LogP contribution in [0.5, 0.6) is 0 Å². The van der Waals surface area contributed by atoms with Gasteiger partial charge < -0.3 is 20.0 Å². The van der Waals surface area contributed by atoms with E-state index >= 15 is 0 Å². The number of hydrogen-bond acceptors (Lipinski definition) is 6. The highest BCUT2D eigenvalue weighted by molar-refractivity contribution is 5.85. The summed E-state index contributed by atoms with van der Waals surface area (Å²) in [5, 5.41) is 19.0. The van der Waals surface area contributed by atoms with Gasteiger partial charge in [-0.1, -0.05) is 0 Å². The Labute approximate surface area is 146 Å². The molecule has 0 aliphatic carbocycles. The standard InChI is InChI=1S/C17H24N4O4/c1-12(23)20-5-2-17(3-6-20)4-7-21(10-13(17)11-22)15-9-18-8-14(19-15)16(24)25/h8-9,13,22H,2-7,10-11H2,1H3,(H,24,25)/t13-/m1/s1. The van der Waals surface area contributed by atoms with Crippen LogP contribution in [0.1, 0.15) is 36.7 Å². The number of carboxylic acids is 1. The molecule has 3 heterocycles. The van der Waals surface area contributed by atoms with E-state index in [1.165, 1.54) is 6.20 Å². The molecule has 136 valence electrons. The SMILES string of the molecule is CC(=O)N1CCC2(CC1)CCN(c1cncc(C(=O)O)n1)C[C@@H]2CO. The zero-order valence-electron chi connectivity index (χ0n) is 14.4. The van der Waals surface area contributed by atoms with Crippen LogP contribution < -0.4 is 4.90 Å². The van der Waals surface area contributed by atoms with E-state index in [0.29, 0.717) is 12.4 Å². The molecule has 2 fully saturated rings. The van der Waals surface area contributed by atoms with Crippen LogP contribution in [0.25, 0.3) is 0 Å². The molecule has 2 saturated heterocycles. The lowest BCUT2D eigenvalue weighted by molar-refractivity contribution is -0.132. The molecule has 1 aromatic rings. The molecule has 1 atom stereocenters. The molecule has 2 aliphatic heterocycles. The highest BCUT2D eigenvalue weighted by Crippen LogP contribution is 2.45. The number of likely N-dealkylation sites (tertiary alicyclic amines) is 1. The molecule has 1 amide bonds. The Morgan fingerprint density at radius 3 is 2.52 bits per heavy atom. The second-order valence-electron chi connectivity index (χ2n) is 7.01. The van der Waals surface area contributed by atoms with E-state index in [1.807, 2.05) is 9.80 Å². The summed E-state index contributed by atoms with van der Waals surface area (Å²) in [6.45, 7) is 4.50. The van der Waals surface area contributed by atoms with E-state index in [0.717, 1.165) is 38.9 Å². The van der Waals surface area contributed by atoms with Crippen molar-refractivity contribution in [3.05, 3.63) is 18.1 Å². The summed E-state index contributed by atoms with van der Waals surface area (Å²) in [5.41, 5.74) is -0.0391. The number of carbonyl (C=O) groups is 2. The van der Waals surface area contributed by atoms with Crippen molar-refractivity contribution in [2.75, 3.05) is 37.7 Å². The van der Waals surface area contributed by atoms with Gasteiger partial charge in [0.15, 0.2) is 5.69 Å². The Morgan fingerprint density at radius 2 is 1.92 bits per heavy atom. The highest BCUT2D eigenvalue weighted by Gasteiger charge is 2.45. The van der Waals surface area contributed by atoms with Gasteiger partial charge in [0.25, 0.3) is 0 Å². The Balaban J connectivity index is 1.73. The third-order valence-electron chi connectivity index (χ3n) is 5.78. The van der Waals surface area contributed by atoms with Gasteiger partial charge in [0.2, 0.25) is 5.91 Å². The third kappa shape index (κ3) is 3.44. The summed E-state index contributed by atoms with van der Waals surface area (Å²) in [6.07, 6.45) is 5.48. The van der Waals surface area contributed by atoms with E-state index in [2.05, 4.69) is 9.97 Å². The molecular formula is C17H24N4O4. The first-order valence-corrected chi connectivity index (χ1v) is 8.62. The molecule has 0 aromatic carbocycles. The maximum absolute atomic E-state index is 11.6. The molecule has 3 rings (SSSR count). The van der Waals surface area contributed by atoms with Gasteiger partial charge in [0, 0.05) is 45.6 Å². The van der Waals surface area contributed by atoms with Gasteiger partial charge >= 0.3 is 5.97 Å². The lowest BCUT2D eigenvalue weighted by atomic mass is 9.64. The third-order valence-corrected chi connectivity index (χ3v) is 5.78. The van der Waals surface area contributed by atoms with Gasteiger partial charge in [-0.2, -0.15) is 0 Å². The van der Waals surface area contributed by atoms with Gasteiger partial charge in [0.1, 0.15) is 5.82 Å². The van der Waals surface area contributed by atoms with Gasteiger partial charge in [-0.05, 0) is 24.7 Å². The number of aliphatic hydroxyl groups is 1. The van der Waals surface area contributed by atoms with Crippen molar-refractivity contribution >= 4 is 17.7 Å². The van der Waals surface area contributed by atoms with Crippen LogP contribution in [0.2, 0.25) is 0 Å². The monoisotopic (exact) mass is 348 g/mol. The van der Waals surface area contributed by atoms with Crippen LogP contribution in [0, 0.1) is 11.3 Å². The topological polar surface area (TPSA) is 107 Å². The number of aliphatic hydroxyl groups excluding tert-OH is 1. The molecule has 25 heavy (non-hydrogen) atoms. The number of piperidine rings is 2. The molecule has 0 bridgehead atoms. The number of amides is 1. The fraction of sp³-hybridized carbons (Fsp3) is 0.647. The van der Waals surface area contributed by atoms with Crippen LogP contribution in [0.15, 0.2) is 12.4 Å². The zero-order chi connectivity index (χ0) is 18.0. The van der Waals surface area contributed by atoms with Gasteiger partial charge in [-0.15, -0.1) is 0 Å². The van der Waals surface area contributed by atoms with Gasteiger partial charge in [0.05, 0.1) is 12.4 Å².